The van der Waals surface area contributed by atoms with Crippen LogP contribution in [0, 0.1) is 5.92 Å². The molecule has 23 heavy (non-hydrogen) atoms. The predicted octanol–water partition coefficient (Wildman–Crippen LogP) is 6.71. The first-order chi connectivity index (χ1) is 10.1. The first-order valence-corrected chi connectivity index (χ1v) is 7.26. The van der Waals surface area contributed by atoms with Crippen molar-refractivity contribution in [3.63, 3.8) is 0 Å². The van der Waals surface area contributed by atoms with Crippen molar-refractivity contribution in [3.8, 4) is 0 Å². The Kier molecular flexibility index (Phi) is 7.56. The molecule has 0 aromatic rings. The molecule has 0 spiro atoms. The van der Waals surface area contributed by atoms with Crippen LogP contribution in [0.2, 0.25) is 0 Å². The number of allylic oxidation sites excluding steroid dienone is 1. The molecule has 0 radical (unpaired) electrons. The summed E-state index contributed by atoms with van der Waals surface area (Å²) in [6.07, 6.45) is -12.2. The number of rotatable bonds is 9. The fourth-order valence-corrected chi connectivity index (χ4v) is 2.31. The first kappa shape index (κ1) is 22.2. The van der Waals surface area contributed by atoms with E-state index in [1.54, 1.807) is 0 Å². The highest BCUT2D eigenvalue weighted by Gasteiger charge is 2.72. The zero-order chi connectivity index (χ0) is 18.5. The fourth-order valence-electron chi connectivity index (χ4n) is 2.31. The molecule has 0 aromatic heterocycles. The lowest BCUT2D eigenvalue weighted by Gasteiger charge is -2.33. The van der Waals surface area contributed by atoms with Crippen molar-refractivity contribution in [2.24, 2.45) is 5.92 Å². The van der Waals surface area contributed by atoms with Crippen LogP contribution in [-0.4, -0.2) is 23.7 Å². The van der Waals surface area contributed by atoms with Crippen LogP contribution in [0.5, 0.6) is 0 Å². The van der Waals surface area contributed by atoms with Gasteiger partial charge in [-0.3, -0.25) is 0 Å². The lowest BCUT2D eigenvalue weighted by Crippen LogP contribution is -2.54. The maximum Gasteiger partial charge on any atom is 0.431 e. The summed E-state index contributed by atoms with van der Waals surface area (Å²) >= 11 is 0. The lowest BCUT2D eigenvalue weighted by atomic mass is 9.85. The second-order valence-electron chi connectivity index (χ2n) is 6.36. The molecule has 1 atom stereocenters. The Labute approximate surface area is 130 Å². The van der Waals surface area contributed by atoms with Gasteiger partial charge in [0.05, 0.1) is 0 Å². The zero-order valence-corrected chi connectivity index (χ0v) is 13.1. The molecule has 0 saturated heterocycles. The van der Waals surface area contributed by atoms with Gasteiger partial charge in [-0.1, -0.05) is 25.3 Å². The predicted molar refractivity (Wildman–Crippen MR) is 72.5 cm³/mol. The molecule has 138 valence electrons. The number of hydrogen-bond acceptors (Lipinski definition) is 0. The molecule has 0 aliphatic rings. The van der Waals surface area contributed by atoms with Gasteiger partial charge < -0.3 is 0 Å². The number of hydrogen-bond donors (Lipinski definition) is 0. The Balaban J connectivity index is 4.92. The van der Waals surface area contributed by atoms with Gasteiger partial charge in [0.25, 0.3) is 5.67 Å². The Morgan fingerprint density at radius 2 is 1.35 bits per heavy atom. The third-order valence-electron chi connectivity index (χ3n) is 3.60. The Hall–Kier alpha value is -0.820. The van der Waals surface area contributed by atoms with Crippen LogP contribution in [0.15, 0.2) is 12.7 Å². The van der Waals surface area contributed by atoms with Crippen molar-refractivity contribution in [1.29, 1.82) is 0 Å². The van der Waals surface area contributed by atoms with Crippen LogP contribution < -0.4 is 0 Å². The average molecular weight is 354 g/mol. The highest BCUT2D eigenvalue weighted by molar-refractivity contribution is 4.97. The van der Waals surface area contributed by atoms with E-state index in [4.69, 9.17) is 0 Å². The standard InChI is InChI=1S/C15H22F8/c1-4-7-11(8-5-6-9-12(2,3)16)10-13(17,14(18,19)20)15(21,22)23/h4,11H,1,5-10H2,2-3H3. The number of unbranched alkanes of at least 4 members (excludes halogenated alkanes) is 1. The summed E-state index contributed by atoms with van der Waals surface area (Å²) in [5, 5.41) is 0. The van der Waals surface area contributed by atoms with Gasteiger partial charge in [-0.25, -0.2) is 8.78 Å². The van der Waals surface area contributed by atoms with Crippen molar-refractivity contribution in [2.75, 3.05) is 0 Å². The van der Waals surface area contributed by atoms with Crippen LogP contribution in [0.4, 0.5) is 35.1 Å². The third kappa shape index (κ3) is 7.08. The van der Waals surface area contributed by atoms with Gasteiger partial charge in [0, 0.05) is 6.42 Å². The fraction of sp³-hybridized carbons (Fsp3) is 0.867. The molecule has 8 heteroatoms. The van der Waals surface area contributed by atoms with Crippen LogP contribution >= 0.6 is 0 Å². The van der Waals surface area contributed by atoms with Crippen LogP contribution in [0.3, 0.4) is 0 Å². The van der Waals surface area contributed by atoms with Crippen LogP contribution in [-0.2, 0) is 0 Å². The summed E-state index contributed by atoms with van der Waals surface area (Å²) < 4.78 is 102. The lowest BCUT2D eigenvalue weighted by molar-refractivity contribution is -0.346. The molecule has 0 fully saturated rings. The molecule has 0 bridgehead atoms. The monoisotopic (exact) mass is 354 g/mol. The SMILES string of the molecule is C=CCC(CCCCC(C)(C)F)CC(F)(C(F)(F)F)C(F)(F)F. The quantitative estimate of drug-likeness (QED) is 0.245. The van der Waals surface area contributed by atoms with E-state index in [1.807, 2.05) is 0 Å². The van der Waals surface area contributed by atoms with Crippen molar-refractivity contribution in [3.05, 3.63) is 12.7 Å². The molecule has 0 aromatic carbocycles. The Morgan fingerprint density at radius 3 is 1.70 bits per heavy atom. The van der Waals surface area contributed by atoms with Gasteiger partial charge in [-0.05, 0) is 32.6 Å². The second kappa shape index (κ2) is 7.83. The summed E-state index contributed by atoms with van der Waals surface area (Å²) in [4.78, 5) is 0. The maximum absolute atomic E-state index is 13.7. The van der Waals surface area contributed by atoms with Gasteiger partial charge >= 0.3 is 12.4 Å². The van der Waals surface area contributed by atoms with E-state index in [-0.39, 0.29) is 25.7 Å². The largest absolute Gasteiger partial charge is 0.431 e. The van der Waals surface area contributed by atoms with Crippen LogP contribution in [0.1, 0.15) is 52.4 Å². The summed E-state index contributed by atoms with van der Waals surface area (Å²) in [7, 11) is 0. The van der Waals surface area contributed by atoms with Gasteiger partial charge in [0.1, 0.15) is 5.67 Å². The van der Waals surface area contributed by atoms with Crippen molar-refractivity contribution in [2.45, 2.75) is 76.1 Å². The second-order valence-corrected chi connectivity index (χ2v) is 6.36. The molecule has 0 saturated carbocycles. The molecule has 0 N–H and O–H groups in total. The van der Waals surface area contributed by atoms with Gasteiger partial charge in [0.2, 0.25) is 0 Å². The molecule has 0 rings (SSSR count). The van der Waals surface area contributed by atoms with E-state index in [9.17, 15) is 35.1 Å². The molecule has 0 nitrogen and oxygen atoms in total. The molecule has 0 amide bonds. The molecule has 0 heterocycles. The van der Waals surface area contributed by atoms with Crippen LogP contribution in [0.25, 0.3) is 0 Å². The highest BCUT2D eigenvalue weighted by Crippen LogP contribution is 2.50. The summed E-state index contributed by atoms with van der Waals surface area (Å²) in [6, 6.07) is 0. The smallest absolute Gasteiger partial charge is 0.245 e. The zero-order valence-electron chi connectivity index (χ0n) is 13.1. The maximum atomic E-state index is 13.7. The van der Waals surface area contributed by atoms with E-state index < -0.39 is 36.0 Å². The minimum absolute atomic E-state index is 0.0556. The molecular formula is C15H22F8. The number of alkyl halides is 8. The van der Waals surface area contributed by atoms with Crippen molar-refractivity contribution >= 4 is 0 Å². The van der Waals surface area contributed by atoms with Crippen molar-refractivity contribution in [1.82, 2.24) is 0 Å². The molecule has 0 aliphatic heterocycles. The highest BCUT2D eigenvalue weighted by atomic mass is 19.4. The van der Waals surface area contributed by atoms with Crippen molar-refractivity contribution < 1.29 is 35.1 Å². The first-order valence-electron chi connectivity index (χ1n) is 7.26. The summed E-state index contributed by atoms with van der Waals surface area (Å²) in [5.74, 6) is -1.16. The van der Waals surface area contributed by atoms with Gasteiger partial charge in [-0.15, -0.1) is 6.58 Å². The van der Waals surface area contributed by atoms with Gasteiger partial charge in [0.15, 0.2) is 0 Å². The topological polar surface area (TPSA) is 0 Å². The molecular weight excluding hydrogens is 332 g/mol. The minimum atomic E-state index is -6.04. The van der Waals surface area contributed by atoms with E-state index in [1.165, 1.54) is 13.8 Å². The summed E-state index contributed by atoms with van der Waals surface area (Å²) in [6.45, 7) is 5.93. The Morgan fingerprint density at radius 1 is 0.870 bits per heavy atom. The summed E-state index contributed by atoms with van der Waals surface area (Å²) in [5.41, 5.74) is -6.71. The van der Waals surface area contributed by atoms with E-state index in [2.05, 4.69) is 6.58 Å². The van der Waals surface area contributed by atoms with E-state index in [0.29, 0.717) is 6.42 Å². The Bertz CT molecular complexity index is 347. The van der Waals surface area contributed by atoms with E-state index in [0.717, 1.165) is 6.08 Å². The normalized spacial score (nSPS) is 15.6. The van der Waals surface area contributed by atoms with Gasteiger partial charge in [-0.2, -0.15) is 26.3 Å². The molecule has 1 unspecified atom stereocenters. The minimum Gasteiger partial charge on any atom is -0.245 e. The van der Waals surface area contributed by atoms with E-state index >= 15 is 0 Å². The number of halogens is 8. The third-order valence-corrected chi connectivity index (χ3v) is 3.60. The average Bonchev–Trinajstić information content (AvgIpc) is 2.30. The molecule has 0 aliphatic carbocycles.